The first-order chi connectivity index (χ1) is 16.2. The van der Waals surface area contributed by atoms with Crippen LogP contribution in [0.15, 0.2) is 91.0 Å². The van der Waals surface area contributed by atoms with Gasteiger partial charge in [0.05, 0.1) is 25.9 Å². The zero-order valence-electron chi connectivity index (χ0n) is 19.3. The second kappa shape index (κ2) is 12.4. The largest absolute Gasteiger partial charge is 0.375 e. The van der Waals surface area contributed by atoms with Gasteiger partial charge in [0.1, 0.15) is 0 Å². The number of hydrogen-bond donors (Lipinski definition) is 1. The molecule has 1 aliphatic rings. The highest BCUT2D eigenvalue weighted by molar-refractivity contribution is 7.81. The third-order valence-corrected chi connectivity index (χ3v) is 6.86. The molecule has 1 heterocycles. The van der Waals surface area contributed by atoms with Gasteiger partial charge in [0.2, 0.25) is 0 Å². The maximum absolute atomic E-state index is 6.43. The number of benzene rings is 3. The topological polar surface area (TPSA) is 21.7 Å². The number of nitrogens with zero attached hydrogens (tertiary/aromatic N) is 1. The molecule has 33 heavy (non-hydrogen) atoms. The van der Waals surface area contributed by atoms with E-state index in [1.165, 1.54) is 16.7 Å². The van der Waals surface area contributed by atoms with Crippen molar-refractivity contribution in [3.05, 3.63) is 108 Å². The second-order valence-corrected chi connectivity index (χ2v) is 10.1. The van der Waals surface area contributed by atoms with Crippen LogP contribution in [0.4, 0.5) is 0 Å². The zero-order chi connectivity index (χ0) is 22.8. The summed E-state index contributed by atoms with van der Waals surface area (Å²) in [5, 5.41) is 0. The van der Waals surface area contributed by atoms with E-state index in [0.29, 0.717) is 19.8 Å². The molecule has 3 aromatic carbocycles. The molecule has 3 aromatic rings. The van der Waals surface area contributed by atoms with E-state index in [1.807, 2.05) is 12.1 Å². The smallest absolute Gasteiger partial charge is 0.0720 e. The Hall–Kier alpha value is -2.11. The summed E-state index contributed by atoms with van der Waals surface area (Å²) in [6.45, 7) is 4.88. The van der Waals surface area contributed by atoms with Gasteiger partial charge in [-0.1, -0.05) is 91.0 Å². The average Bonchev–Trinajstić information content (AvgIpc) is 2.85. The highest BCUT2D eigenvalue weighted by Gasteiger charge is 2.33. The first-order valence-corrected chi connectivity index (χ1v) is 12.4. The quantitative estimate of drug-likeness (QED) is 0.387. The van der Waals surface area contributed by atoms with Crippen molar-refractivity contribution in [3.8, 4) is 0 Å². The predicted octanol–water partition coefficient (Wildman–Crippen LogP) is 6.14. The number of ether oxygens (including phenoxy) is 2. The minimum atomic E-state index is -0.217. The summed E-state index contributed by atoms with van der Waals surface area (Å²) >= 11 is 5.19. The van der Waals surface area contributed by atoms with Gasteiger partial charge in [-0.3, -0.25) is 4.90 Å². The summed E-state index contributed by atoms with van der Waals surface area (Å²) in [6.07, 6.45) is 3.03. The summed E-state index contributed by atoms with van der Waals surface area (Å²) < 4.78 is 12.4. The third kappa shape index (κ3) is 8.01. The SMILES string of the molecule is S[C@]1(COCc2ccccc2)CCN(Cc2ccccc2)CC[C@@H](OCc2ccccc2)C1. The van der Waals surface area contributed by atoms with E-state index in [4.69, 9.17) is 22.1 Å². The van der Waals surface area contributed by atoms with Crippen LogP contribution < -0.4 is 0 Å². The molecule has 174 valence electrons. The Morgan fingerprint density at radius 3 is 1.97 bits per heavy atom. The molecule has 0 aliphatic carbocycles. The van der Waals surface area contributed by atoms with Gasteiger partial charge in [0.15, 0.2) is 0 Å². The molecule has 0 amide bonds. The van der Waals surface area contributed by atoms with E-state index >= 15 is 0 Å². The van der Waals surface area contributed by atoms with Crippen LogP contribution in [0.1, 0.15) is 36.0 Å². The van der Waals surface area contributed by atoms with Gasteiger partial charge < -0.3 is 9.47 Å². The van der Waals surface area contributed by atoms with Crippen molar-refractivity contribution in [3.63, 3.8) is 0 Å². The summed E-state index contributed by atoms with van der Waals surface area (Å²) in [5.41, 5.74) is 3.76. The average molecular weight is 462 g/mol. The van der Waals surface area contributed by atoms with Gasteiger partial charge in [0.25, 0.3) is 0 Å². The Balaban J connectivity index is 1.40. The Bertz CT molecular complexity index is 938. The fourth-order valence-electron chi connectivity index (χ4n) is 4.43. The fraction of sp³-hybridized carbons (Fsp3) is 0.379. The van der Waals surface area contributed by atoms with Crippen LogP contribution in [0.5, 0.6) is 0 Å². The second-order valence-electron chi connectivity index (χ2n) is 9.13. The van der Waals surface area contributed by atoms with E-state index in [1.54, 1.807) is 0 Å². The van der Waals surface area contributed by atoms with Gasteiger partial charge in [-0.15, -0.1) is 0 Å². The Morgan fingerprint density at radius 1 is 0.758 bits per heavy atom. The van der Waals surface area contributed by atoms with Crippen LogP contribution in [-0.4, -0.2) is 35.4 Å². The zero-order valence-corrected chi connectivity index (χ0v) is 20.2. The van der Waals surface area contributed by atoms with Gasteiger partial charge in [-0.25, -0.2) is 0 Å². The number of thiol groups is 1. The van der Waals surface area contributed by atoms with Crippen molar-refractivity contribution in [1.82, 2.24) is 4.90 Å². The Morgan fingerprint density at radius 2 is 1.33 bits per heavy atom. The van der Waals surface area contributed by atoms with E-state index in [0.717, 1.165) is 38.9 Å². The summed E-state index contributed by atoms with van der Waals surface area (Å²) in [6, 6.07) is 31.5. The molecule has 1 aliphatic heterocycles. The first-order valence-electron chi connectivity index (χ1n) is 11.9. The molecule has 0 aromatic heterocycles. The number of rotatable bonds is 9. The van der Waals surface area contributed by atoms with Crippen molar-refractivity contribution in [1.29, 1.82) is 0 Å². The monoisotopic (exact) mass is 461 g/mol. The molecular formula is C29H35NO2S. The molecule has 4 heteroatoms. The molecule has 1 saturated heterocycles. The van der Waals surface area contributed by atoms with Crippen LogP contribution in [0.25, 0.3) is 0 Å². The van der Waals surface area contributed by atoms with Crippen LogP contribution in [0.3, 0.4) is 0 Å². The van der Waals surface area contributed by atoms with Crippen molar-refractivity contribution in [2.24, 2.45) is 0 Å². The van der Waals surface area contributed by atoms with Crippen molar-refractivity contribution >= 4 is 12.6 Å². The van der Waals surface area contributed by atoms with Crippen molar-refractivity contribution in [2.45, 2.75) is 49.9 Å². The van der Waals surface area contributed by atoms with E-state index in [-0.39, 0.29) is 10.9 Å². The Labute approximate surface area is 204 Å². The van der Waals surface area contributed by atoms with Gasteiger partial charge >= 0.3 is 0 Å². The lowest BCUT2D eigenvalue weighted by Gasteiger charge is -2.38. The van der Waals surface area contributed by atoms with Gasteiger partial charge in [0, 0.05) is 17.8 Å². The minimum Gasteiger partial charge on any atom is -0.375 e. The van der Waals surface area contributed by atoms with Crippen LogP contribution in [-0.2, 0) is 29.2 Å². The van der Waals surface area contributed by atoms with Crippen LogP contribution >= 0.6 is 12.6 Å². The molecular weight excluding hydrogens is 426 g/mol. The minimum absolute atomic E-state index is 0.154. The molecule has 4 rings (SSSR count). The van der Waals surface area contributed by atoms with Crippen LogP contribution in [0, 0.1) is 0 Å². The van der Waals surface area contributed by atoms with E-state index < -0.39 is 0 Å². The number of hydrogen-bond acceptors (Lipinski definition) is 4. The summed E-state index contributed by atoms with van der Waals surface area (Å²) in [4.78, 5) is 2.54. The molecule has 0 radical (unpaired) electrons. The van der Waals surface area contributed by atoms with E-state index in [2.05, 4.69) is 83.8 Å². The maximum atomic E-state index is 6.43. The molecule has 0 unspecified atom stereocenters. The lowest BCUT2D eigenvalue weighted by atomic mass is 9.93. The fourth-order valence-corrected chi connectivity index (χ4v) is 4.82. The lowest BCUT2D eigenvalue weighted by molar-refractivity contribution is -0.00680. The van der Waals surface area contributed by atoms with Crippen molar-refractivity contribution in [2.75, 3.05) is 19.7 Å². The summed E-state index contributed by atoms with van der Waals surface area (Å²) in [7, 11) is 0. The standard InChI is InChI=1S/C29H35NO2S/c33-29(24-31-22-26-12-6-2-7-13-26)17-19-30(21-25-10-4-1-5-11-25)18-16-28(20-29)32-23-27-14-8-3-9-15-27/h1-15,28,33H,16-24H2/t28-,29-/m1/s1. The molecule has 0 N–H and O–H groups in total. The van der Waals surface area contributed by atoms with Gasteiger partial charge in [-0.05, 0) is 42.5 Å². The highest BCUT2D eigenvalue weighted by atomic mass is 32.1. The lowest BCUT2D eigenvalue weighted by Crippen LogP contribution is -2.42. The third-order valence-electron chi connectivity index (χ3n) is 6.33. The Kier molecular flexibility index (Phi) is 9.01. The normalized spacial score (nSPS) is 21.9. The highest BCUT2D eigenvalue weighted by Crippen LogP contribution is 2.32. The van der Waals surface area contributed by atoms with E-state index in [9.17, 15) is 0 Å². The first kappa shape index (κ1) is 24.0. The molecule has 1 fully saturated rings. The maximum Gasteiger partial charge on any atom is 0.0720 e. The van der Waals surface area contributed by atoms with Gasteiger partial charge in [-0.2, -0.15) is 12.6 Å². The molecule has 0 spiro atoms. The molecule has 2 atom stereocenters. The summed E-state index contributed by atoms with van der Waals surface area (Å²) in [5.74, 6) is 0. The molecule has 0 bridgehead atoms. The number of likely N-dealkylation sites (tertiary alicyclic amines) is 1. The predicted molar refractivity (Wildman–Crippen MR) is 138 cm³/mol. The molecule has 3 nitrogen and oxygen atoms in total. The van der Waals surface area contributed by atoms with Crippen molar-refractivity contribution < 1.29 is 9.47 Å². The molecule has 0 saturated carbocycles. The van der Waals surface area contributed by atoms with Crippen LogP contribution in [0.2, 0.25) is 0 Å².